The molecule has 7 heteroatoms. The number of nitrogens with one attached hydrogen (secondary N) is 1. The molecule has 0 bridgehead atoms. The number of esters is 1. The molecule has 1 aromatic carbocycles. The third-order valence-electron chi connectivity index (χ3n) is 2.99. The second kappa shape index (κ2) is 10.2. The van der Waals surface area contributed by atoms with Gasteiger partial charge in [-0.25, -0.2) is 4.79 Å². The molecule has 0 heterocycles. The molecule has 7 nitrogen and oxygen atoms in total. The van der Waals surface area contributed by atoms with Crippen LogP contribution in [0.25, 0.3) is 0 Å². The van der Waals surface area contributed by atoms with Gasteiger partial charge in [0.25, 0.3) is 0 Å². The first-order valence-corrected chi connectivity index (χ1v) is 7.45. The van der Waals surface area contributed by atoms with Crippen LogP contribution in [0.15, 0.2) is 30.3 Å². The zero-order valence-corrected chi connectivity index (χ0v) is 13.1. The van der Waals surface area contributed by atoms with E-state index >= 15 is 0 Å². The quantitative estimate of drug-likeness (QED) is 0.670. The molecule has 0 fully saturated rings. The largest absolute Gasteiger partial charge is 0.463 e. The van der Waals surface area contributed by atoms with E-state index in [0.717, 1.165) is 12.0 Å². The number of hydrogen-bond donors (Lipinski definition) is 2. The van der Waals surface area contributed by atoms with Gasteiger partial charge in [0, 0.05) is 6.42 Å². The van der Waals surface area contributed by atoms with Crippen molar-refractivity contribution in [2.45, 2.75) is 38.8 Å². The normalized spacial score (nSPS) is 11.3. The fourth-order valence-corrected chi connectivity index (χ4v) is 1.67. The van der Waals surface area contributed by atoms with E-state index in [2.05, 4.69) is 5.32 Å². The van der Waals surface area contributed by atoms with Gasteiger partial charge in [-0.2, -0.15) is 0 Å². The van der Waals surface area contributed by atoms with Gasteiger partial charge in [0.2, 0.25) is 5.91 Å². The van der Waals surface area contributed by atoms with Crippen molar-refractivity contribution >= 4 is 18.0 Å². The molecule has 1 atom stereocenters. The molecule has 0 saturated heterocycles. The lowest BCUT2D eigenvalue weighted by Crippen LogP contribution is -2.47. The van der Waals surface area contributed by atoms with Crippen molar-refractivity contribution in [1.29, 1.82) is 0 Å². The predicted molar refractivity (Wildman–Crippen MR) is 83.2 cm³/mol. The summed E-state index contributed by atoms with van der Waals surface area (Å²) in [4.78, 5) is 34.4. The number of rotatable bonds is 9. The van der Waals surface area contributed by atoms with E-state index < -0.39 is 24.0 Å². The summed E-state index contributed by atoms with van der Waals surface area (Å²) < 4.78 is 9.90. The van der Waals surface area contributed by atoms with Crippen molar-refractivity contribution in [3.63, 3.8) is 0 Å². The number of amides is 2. The highest BCUT2D eigenvalue weighted by Gasteiger charge is 2.20. The fourth-order valence-electron chi connectivity index (χ4n) is 1.67. The second-order valence-corrected chi connectivity index (χ2v) is 4.95. The minimum absolute atomic E-state index is 0.0639. The first-order valence-electron chi connectivity index (χ1n) is 7.45. The van der Waals surface area contributed by atoms with Crippen LogP contribution < -0.4 is 11.1 Å². The van der Waals surface area contributed by atoms with Gasteiger partial charge in [0.05, 0.1) is 0 Å². The zero-order chi connectivity index (χ0) is 17.1. The van der Waals surface area contributed by atoms with E-state index in [4.69, 9.17) is 15.2 Å². The SMILES string of the molecule is CCCCC(=O)OC[C@@H](NC(=O)OCc1ccccc1)C(N)=O. The molecule has 2 amide bonds. The lowest BCUT2D eigenvalue weighted by Gasteiger charge is -2.15. The standard InChI is InChI=1S/C16H22N2O5/c1-2-3-9-14(19)22-11-13(15(17)20)18-16(21)23-10-12-7-5-4-6-8-12/h4-8,13H,2-3,9-11H2,1H3,(H2,17,20)(H,18,21)/t13-/m1/s1. The Morgan fingerprint density at radius 1 is 1.17 bits per heavy atom. The van der Waals surface area contributed by atoms with E-state index in [1.54, 1.807) is 12.1 Å². The molecule has 126 valence electrons. The zero-order valence-electron chi connectivity index (χ0n) is 13.1. The smallest absolute Gasteiger partial charge is 0.408 e. The molecule has 0 saturated carbocycles. The molecule has 0 radical (unpaired) electrons. The average Bonchev–Trinajstić information content (AvgIpc) is 2.55. The maximum Gasteiger partial charge on any atom is 0.408 e. The van der Waals surface area contributed by atoms with Gasteiger partial charge >= 0.3 is 12.1 Å². The van der Waals surface area contributed by atoms with Crippen LogP contribution in [0.3, 0.4) is 0 Å². The molecule has 3 N–H and O–H groups in total. The number of carbonyl (C=O) groups excluding carboxylic acids is 3. The Labute approximate surface area is 135 Å². The summed E-state index contributed by atoms with van der Waals surface area (Å²) in [6, 6.07) is 7.96. The van der Waals surface area contributed by atoms with Crippen LogP contribution in [0.1, 0.15) is 31.7 Å². The highest BCUT2D eigenvalue weighted by Crippen LogP contribution is 2.01. The topological polar surface area (TPSA) is 108 Å². The number of alkyl carbamates (subject to hydrolysis) is 1. The van der Waals surface area contributed by atoms with Crippen LogP contribution in [0.2, 0.25) is 0 Å². The van der Waals surface area contributed by atoms with Gasteiger partial charge in [-0.3, -0.25) is 9.59 Å². The minimum Gasteiger partial charge on any atom is -0.463 e. The number of carbonyl (C=O) groups is 3. The second-order valence-electron chi connectivity index (χ2n) is 4.95. The fraction of sp³-hybridized carbons (Fsp3) is 0.438. The monoisotopic (exact) mass is 322 g/mol. The molecule has 23 heavy (non-hydrogen) atoms. The van der Waals surface area contributed by atoms with E-state index in [9.17, 15) is 14.4 Å². The van der Waals surface area contributed by atoms with Crippen molar-refractivity contribution in [2.75, 3.05) is 6.61 Å². The van der Waals surface area contributed by atoms with Crippen molar-refractivity contribution in [1.82, 2.24) is 5.32 Å². The molecular weight excluding hydrogens is 300 g/mol. The van der Waals surface area contributed by atoms with Crippen LogP contribution >= 0.6 is 0 Å². The first kappa shape index (κ1) is 18.5. The van der Waals surface area contributed by atoms with Crippen molar-refractivity contribution in [3.05, 3.63) is 35.9 Å². The molecule has 0 aromatic heterocycles. The molecule has 1 aromatic rings. The van der Waals surface area contributed by atoms with Gasteiger partial charge in [-0.05, 0) is 12.0 Å². The summed E-state index contributed by atoms with van der Waals surface area (Å²) in [5.41, 5.74) is 5.99. The van der Waals surface area contributed by atoms with Gasteiger partial charge < -0.3 is 20.5 Å². The van der Waals surface area contributed by atoms with Crippen molar-refractivity contribution in [2.24, 2.45) is 5.73 Å². The number of hydrogen-bond acceptors (Lipinski definition) is 5. The van der Waals surface area contributed by atoms with Crippen LogP contribution in [-0.2, 0) is 25.7 Å². The average molecular weight is 322 g/mol. The highest BCUT2D eigenvalue weighted by atomic mass is 16.6. The van der Waals surface area contributed by atoms with Gasteiger partial charge in [-0.15, -0.1) is 0 Å². The third-order valence-corrected chi connectivity index (χ3v) is 2.99. The third kappa shape index (κ3) is 7.85. The lowest BCUT2D eigenvalue weighted by molar-refractivity contribution is -0.145. The van der Waals surface area contributed by atoms with E-state index in [1.807, 2.05) is 25.1 Å². The van der Waals surface area contributed by atoms with E-state index in [-0.39, 0.29) is 19.6 Å². The number of nitrogens with two attached hydrogens (primary N) is 1. The molecule has 0 aliphatic carbocycles. The van der Waals surface area contributed by atoms with Crippen molar-refractivity contribution < 1.29 is 23.9 Å². The van der Waals surface area contributed by atoms with Crippen LogP contribution in [-0.4, -0.2) is 30.6 Å². The molecule has 0 aliphatic rings. The molecule has 1 rings (SSSR count). The Kier molecular flexibility index (Phi) is 8.20. The highest BCUT2D eigenvalue weighted by molar-refractivity contribution is 5.84. The summed E-state index contributed by atoms with van der Waals surface area (Å²) in [6.07, 6.45) is 1.02. The molecule has 0 unspecified atom stereocenters. The van der Waals surface area contributed by atoms with Crippen molar-refractivity contribution in [3.8, 4) is 0 Å². The van der Waals surface area contributed by atoms with Crippen LogP contribution in [0.4, 0.5) is 4.79 Å². The maximum absolute atomic E-state index is 11.7. The first-order chi connectivity index (χ1) is 11.0. The van der Waals surface area contributed by atoms with Crippen LogP contribution in [0, 0.1) is 0 Å². The maximum atomic E-state index is 11.7. The number of benzene rings is 1. The summed E-state index contributed by atoms with van der Waals surface area (Å²) in [6.45, 7) is 1.70. The lowest BCUT2D eigenvalue weighted by atomic mass is 10.2. The van der Waals surface area contributed by atoms with E-state index in [1.165, 1.54) is 0 Å². The summed E-state index contributed by atoms with van der Waals surface area (Å²) in [7, 11) is 0. The Morgan fingerprint density at radius 2 is 1.87 bits per heavy atom. The predicted octanol–water partition coefficient (Wildman–Crippen LogP) is 1.50. The Hall–Kier alpha value is -2.57. The van der Waals surface area contributed by atoms with Gasteiger partial charge in [0.15, 0.2) is 0 Å². The number of ether oxygens (including phenoxy) is 2. The summed E-state index contributed by atoms with van der Waals surface area (Å²) in [5.74, 6) is -1.23. The Bertz CT molecular complexity index is 518. The molecular formula is C16H22N2O5. The number of primary amides is 1. The minimum atomic E-state index is -1.12. The van der Waals surface area contributed by atoms with E-state index in [0.29, 0.717) is 6.42 Å². The van der Waals surface area contributed by atoms with Crippen LogP contribution in [0.5, 0.6) is 0 Å². The summed E-state index contributed by atoms with van der Waals surface area (Å²) in [5, 5.41) is 2.29. The molecule has 0 spiro atoms. The Balaban J connectivity index is 2.38. The molecule has 0 aliphatic heterocycles. The van der Waals surface area contributed by atoms with Gasteiger partial charge in [0.1, 0.15) is 19.3 Å². The Morgan fingerprint density at radius 3 is 2.48 bits per heavy atom. The number of unbranched alkanes of at least 4 members (excludes halogenated alkanes) is 1. The van der Waals surface area contributed by atoms with Gasteiger partial charge in [-0.1, -0.05) is 43.7 Å². The summed E-state index contributed by atoms with van der Waals surface area (Å²) >= 11 is 0.